The lowest BCUT2D eigenvalue weighted by Crippen LogP contribution is -2.42. The molecule has 1 aliphatic rings. The largest absolute Gasteiger partial charge is 0.478 e. The van der Waals surface area contributed by atoms with Crippen molar-refractivity contribution in [1.29, 1.82) is 0 Å². The summed E-state index contributed by atoms with van der Waals surface area (Å²) in [5.41, 5.74) is 2.91. The highest BCUT2D eigenvalue weighted by atomic mass is 16.6. The maximum absolute atomic E-state index is 12.9. The second kappa shape index (κ2) is 8.71. The fourth-order valence-corrected chi connectivity index (χ4v) is 3.96. The number of hydrogen-bond acceptors (Lipinski definition) is 5. The molecule has 1 amide bonds. The molecule has 2 aromatic carbocycles. The molecule has 172 valence electrons. The van der Waals surface area contributed by atoms with Crippen LogP contribution >= 0.6 is 0 Å². The lowest BCUT2D eigenvalue weighted by atomic mass is 10.0. The van der Waals surface area contributed by atoms with Gasteiger partial charge in [0.05, 0.1) is 11.1 Å². The van der Waals surface area contributed by atoms with Crippen LogP contribution in [0.5, 0.6) is 0 Å². The van der Waals surface area contributed by atoms with Crippen LogP contribution in [0.1, 0.15) is 52.6 Å². The number of hydrogen-bond donors (Lipinski definition) is 3. The molecule has 1 aromatic heterocycles. The van der Waals surface area contributed by atoms with Crippen LogP contribution in [-0.2, 0) is 29.2 Å². The van der Waals surface area contributed by atoms with Gasteiger partial charge in [0, 0.05) is 36.8 Å². The molecular formula is C25H27N3O5. The minimum absolute atomic E-state index is 0.201. The quantitative estimate of drug-likeness (QED) is 0.517. The molecule has 3 aromatic rings. The van der Waals surface area contributed by atoms with Crippen molar-refractivity contribution in [2.24, 2.45) is 0 Å². The smallest absolute Gasteiger partial charge is 0.335 e. The number of carbonyl (C=O) groups excluding carboxylic acids is 2. The van der Waals surface area contributed by atoms with Gasteiger partial charge in [0.25, 0.3) is 5.91 Å². The summed E-state index contributed by atoms with van der Waals surface area (Å²) in [5, 5.41) is 16.0. The number of ether oxygens (including phenoxy) is 1. The van der Waals surface area contributed by atoms with Crippen LogP contribution in [0.3, 0.4) is 0 Å². The summed E-state index contributed by atoms with van der Waals surface area (Å²) in [4.78, 5) is 36.6. The number of carbonyl (C=O) groups is 3. The second-order valence-corrected chi connectivity index (χ2v) is 9.15. The average molecular weight is 450 g/mol. The van der Waals surface area contributed by atoms with E-state index in [1.54, 1.807) is 18.2 Å². The third-order valence-corrected chi connectivity index (χ3v) is 5.52. The minimum Gasteiger partial charge on any atom is -0.478 e. The minimum atomic E-state index is -0.988. The van der Waals surface area contributed by atoms with Crippen LogP contribution in [0.4, 0.5) is 0 Å². The van der Waals surface area contributed by atoms with E-state index in [-0.39, 0.29) is 24.0 Å². The van der Waals surface area contributed by atoms with Crippen LogP contribution in [0.15, 0.2) is 48.7 Å². The summed E-state index contributed by atoms with van der Waals surface area (Å²) in [7, 11) is 0. The van der Waals surface area contributed by atoms with Gasteiger partial charge in [-0.2, -0.15) is 0 Å². The zero-order chi connectivity index (χ0) is 23.8. The Bertz CT molecular complexity index is 1220. The normalized spacial score (nSPS) is 15.7. The number of benzene rings is 2. The highest BCUT2D eigenvalue weighted by molar-refractivity contribution is 6.07. The van der Waals surface area contributed by atoms with Crippen LogP contribution in [0, 0.1) is 0 Å². The van der Waals surface area contributed by atoms with Crippen molar-refractivity contribution in [1.82, 2.24) is 15.2 Å². The zero-order valence-electron chi connectivity index (χ0n) is 18.8. The molecule has 0 spiro atoms. The van der Waals surface area contributed by atoms with Gasteiger partial charge >= 0.3 is 11.9 Å². The Kier molecular flexibility index (Phi) is 5.95. The molecule has 0 aliphatic carbocycles. The number of amides is 1. The lowest BCUT2D eigenvalue weighted by Gasteiger charge is -2.24. The average Bonchev–Trinajstić information content (AvgIpc) is 3.07. The molecule has 8 heteroatoms. The van der Waals surface area contributed by atoms with Crippen molar-refractivity contribution in [3.63, 3.8) is 0 Å². The number of rotatable bonds is 5. The monoisotopic (exact) mass is 449 g/mol. The fraction of sp³-hybridized carbons (Fsp3) is 0.320. The number of nitrogens with one attached hydrogen (secondary N) is 2. The van der Waals surface area contributed by atoms with Gasteiger partial charge in [-0.1, -0.05) is 18.2 Å². The van der Waals surface area contributed by atoms with E-state index in [2.05, 4.69) is 10.6 Å². The molecule has 1 aliphatic heterocycles. The molecule has 4 rings (SSSR count). The molecule has 0 saturated heterocycles. The van der Waals surface area contributed by atoms with E-state index < -0.39 is 17.6 Å². The summed E-state index contributed by atoms with van der Waals surface area (Å²) >= 11 is 0. The molecule has 0 radical (unpaired) electrons. The summed E-state index contributed by atoms with van der Waals surface area (Å²) in [6.45, 7) is 6.71. The fourth-order valence-electron chi connectivity index (χ4n) is 3.96. The van der Waals surface area contributed by atoms with E-state index in [9.17, 15) is 14.4 Å². The predicted octanol–water partition coefficient (Wildman–Crippen LogP) is 3.08. The second-order valence-electron chi connectivity index (χ2n) is 9.15. The van der Waals surface area contributed by atoms with Crippen LogP contribution in [-0.4, -0.2) is 39.2 Å². The molecule has 1 atom stereocenters. The van der Waals surface area contributed by atoms with E-state index >= 15 is 0 Å². The van der Waals surface area contributed by atoms with Crippen molar-refractivity contribution in [3.8, 4) is 0 Å². The van der Waals surface area contributed by atoms with E-state index in [0.717, 1.165) is 22.0 Å². The lowest BCUT2D eigenvalue weighted by molar-refractivity contribution is -0.157. The number of nitrogens with zero attached hydrogens (tertiary/aromatic N) is 1. The van der Waals surface area contributed by atoms with Crippen molar-refractivity contribution < 1.29 is 24.2 Å². The van der Waals surface area contributed by atoms with Gasteiger partial charge in [-0.25, -0.2) is 4.79 Å². The molecular weight excluding hydrogens is 422 g/mol. The molecule has 2 heterocycles. The van der Waals surface area contributed by atoms with Crippen LogP contribution in [0.25, 0.3) is 10.9 Å². The van der Waals surface area contributed by atoms with Crippen LogP contribution < -0.4 is 10.6 Å². The Morgan fingerprint density at radius 2 is 1.85 bits per heavy atom. The van der Waals surface area contributed by atoms with Gasteiger partial charge < -0.3 is 19.7 Å². The van der Waals surface area contributed by atoms with Gasteiger partial charge in [-0.3, -0.25) is 14.9 Å². The number of esters is 1. The van der Waals surface area contributed by atoms with E-state index in [0.29, 0.717) is 18.7 Å². The third kappa shape index (κ3) is 4.90. The summed E-state index contributed by atoms with van der Waals surface area (Å²) < 4.78 is 7.54. The number of carboxylic acid groups (broad SMARTS) is 1. The van der Waals surface area contributed by atoms with E-state index in [1.807, 2.05) is 43.7 Å². The maximum atomic E-state index is 12.9. The molecule has 33 heavy (non-hydrogen) atoms. The Hall–Kier alpha value is -3.65. The topological polar surface area (TPSA) is 110 Å². The van der Waals surface area contributed by atoms with Crippen LogP contribution in [0.2, 0.25) is 0 Å². The third-order valence-electron chi connectivity index (χ3n) is 5.52. The number of carboxylic acids is 1. The van der Waals surface area contributed by atoms with Crippen molar-refractivity contribution >= 4 is 28.7 Å². The molecule has 0 fully saturated rings. The Labute approximate surface area is 191 Å². The van der Waals surface area contributed by atoms with E-state index in [4.69, 9.17) is 9.84 Å². The Morgan fingerprint density at radius 3 is 2.52 bits per heavy atom. The molecule has 3 N–H and O–H groups in total. The SMILES string of the molecule is CC(C)(C)OC(=O)C1Cn2ccc3c(C(=O)NCc4ccc(C(=O)O)cc4)ccc(c32)CN1. The molecule has 8 nitrogen and oxygen atoms in total. The number of aromatic carboxylic acids is 1. The highest BCUT2D eigenvalue weighted by Crippen LogP contribution is 2.27. The van der Waals surface area contributed by atoms with Gasteiger partial charge in [-0.05, 0) is 56.2 Å². The van der Waals surface area contributed by atoms with E-state index in [1.165, 1.54) is 12.1 Å². The van der Waals surface area contributed by atoms with Gasteiger partial charge in [-0.15, -0.1) is 0 Å². The first-order chi connectivity index (χ1) is 15.6. The maximum Gasteiger partial charge on any atom is 0.335 e. The predicted molar refractivity (Wildman–Crippen MR) is 123 cm³/mol. The summed E-state index contributed by atoms with van der Waals surface area (Å²) in [6, 6.07) is 11.5. The highest BCUT2D eigenvalue weighted by Gasteiger charge is 2.28. The first-order valence-electron chi connectivity index (χ1n) is 10.8. The summed E-state index contributed by atoms with van der Waals surface area (Å²) in [6.07, 6.45) is 1.89. The van der Waals surface area contributed by atoms with Crippen molar-refractivity contribution in [3.05, 3.63) is 70.9 Å². The molecule has 1 unspecified atom stereocenters. The Balaban J connectivity index is 1.52. The molecule has 0 bridgehead atoms. The Morgan fingerprint density at radius 1 is 1.12 bits per heavy atom. The zero-order valence-corrected chi connectivity index (χ0v) is 18.8. The summed E-state index contributed by atoms with van der Waals surface area (Å²) in [5.74, 6) is -1.51. The number of aromatic nitrogens is 1. The molecule has 0 saturated carbocycles. The van der Waals surface area contributed by atoms with Crippen molar-refractivity contribution in [2.45, 2.75) is 52.0 Å². The van der Waals surface area contributed by atoms with Gasteiger partial charge in [0.2, 0.25) is 0 Å². The first-order valence-corrected chi connectivity index (χ1v) is 10.8. The van der Waals surface area contributed by atoms with Gasteiger partial charge in [0.1, 0.15) is 11.6 Å². The van der Waals surface area contributed by atoms with Gasteiger partial charge in [0.15, 0.2) is 0 Å². The standard InChI is InChI=1S/C25H27N3O5/c1-25(2,3)33-24(32)20-14-28-11-10-18-19(9-8-17(13-26-20)21(18)28)22(29)27-12-15-4-6-16(7-5-15)23(30)31/h4-11,20,26H,12-14H2,1-3H3,(H,27,29)(H,30,31). The first kappa shape index (κ1) is 22.5. The van der Waals surface area contributed by atoms with Crippen molar-refractivity contribution in [2.75, 3.05) is 0 Å².